The fourth-order valence-corrected chi connectivity index (χ4v) is 2.03. The molecule has 0 bridgehead atoms. The first kappa shape index (κ1) is 13.5. The summed E-state index contributed by atoms with van der Waals surface area (Å²) < 4.78 is 24.6. The highest BCUT2D eigenvalue weighted by atomic mass is 32.2. The Morgan fingerprint density at radius 1 is 1.29 bits per heavy atom. The number of nitrogens with one attached hydrogen (secondary N) is 1. The third kappa shape index (κ3) is 3.43. The number of hydrogen-bond donors (Lipinski definition) is 2. The molecule has 0 aliphatic rings. The molecule has 0 saturated carbocycles. The van der Waals surface area contributed by atoms with Gasteiger partial charge < -0.3 is 10.4 Å². The predicted octanol–water partition coefficient (Wildman–Crippen LogP) is 0.433. The monoisotopic (exact) mass is 258 g/mol. The molecule has 6 nitrogen and oxygen atoms in total. The second-order valence-corrected chi connectivity index (χ2v) is 5.71. The number of sulfonamides is 1. The van der Waals surface area contributed by atoms with E-state index in [1.54, 1.807) is 0 Å². The molecule has 0 aromatic heterocycles. The zero-order valence-electron chi connectivity index (χ0n) is 9.54. The number of carboxylic acid groups (broad SMARTS) is 1. The number of anilines is 1. The van der Waals surface area contributed by atoms with Crippen molar-refractivity contribution in [1.29, 1.82) is 0 Å². The lowest BCUT2D eigenvalue weighted by Crippen LogP contribution is -2.22. The van der Waals surface area contributed by atoms with Gasteiger partial charge in [-0.3, -0.25) is 4.79 Å². The van der Waals surface area contributed by atoms with Crippen LogP contribution in [0.2, 0.25) is 0 Å². The number of hydrogen-bond acceptors (Lipinski definition) is 4. The zero-order chi connectivity index (χ0) is 13.1. The average molecular weight is 258 g/mol. The lowest BCUT2D eigenvalue weighted by Gasteiger charge is -2.11. The molecule has 1 rings (SSSR count). The van der Waals surface area contributed by atoms with Crippen LogP contribution in [0.25, 0.3) is 0 Å². The van der Waals surface area contributed by atoms with Gasteiger partial charge in [-0.25, -0.2) is 12.7 Å². The molecular formula is C10H14N2O4S. The molecule has 1 aromatic carbocycles. The third-order valence-electron chi connectivity index (χ3n) is 2.08. The Bertz CT molecular complexity index is 494. The highest BCUT2D eigenvalue weighted by molar-refractivity contribution is 7.89. The Morgan fingerprint density at radius 3 is 2.24 bits per heavy atom. The molecule has 2 N–H and O–H groups in total. The number of nitrogens with zero attached hydrogens (tertiary/aromatic N) is 1. The van der Waals surface area contributed by atoms with Crippen LogP contribution in [-0.4, -0.2) is 44.4 Å². The fraction of sp³-hybridized carbons (Fsp3) is 0.300. The summed E-state index contributed by atoms with van der Waals surface area (Å²) in [5.74, 6) is -0.977. The van der Waals surface area contributed by atoms with Gasteiger partial charge in [-0.05, 0) is 24.3 Å². The van der Waals surface area contributed by atoms with Crippen LogP contribution in [0.4, 0.5) is 5.69 Å². The maximum atomic E-state index is 11.7. The van der Waals surface area contributed by atoms with Crippen molar-refractivity contribution in [2.24, 2.45) is 0 Å². The minimum Gasteiger partial charge on any atom is -0.480 e. The highest BCUT2D eigenvalue weighted by Gasteiger charge is 2.16. The maximum Gasteiger partial charge on any atom is 0.322 e. The van der Waals surface area contributed by atoms with Crippen molar-refractivity contribution in [3.63, 3.8) is 0 Å². The van der Waals surface area contributed by atoms with E-state index < -0.39 is 16.0 Å². The Morgan fingerprint density at radius 2 is 1.82 bits per heavy atom. The third-order valence-corrected chi connectivity index (χ3v) is 3.91. The topological polar surface area (TPSA) is 86.7 Å². The van der Waals surface area contributed by atoms with Gasteiger partial charge in [0.25, 0.3) is 0 Å². The number of carbonyl (C=O) groups is 1. The molecule has 17 heavy (non-hydrogen) atoms. The van der Waals surface area contributed by atoms with Gasteiger partial charge in [0.15, 0.2) is 0 Å². The Balaban J connectivity index is 2.85. The number of rotatable bonds is 5. The molecule has 0 aliphatic heterocycles. The summed E-state index contributed by atoms with van der Waals surface area (Å²) in [5, 5.41) is 11.1. The van der Waals surface area contributed by atoms with Crippen molar-refractivity contribution in [3.8, 4) is 0 Å². The second kappa shape index (κ2) is 5.15. The molecule has 0 amide bonds. The lowest BCUT2D eigenvalue weighted by molar-refractivity contribution is -0.134. The summed E-state index contributed by atoms with van der Waals surface area (Å²) >= 11 is 0. The predicted molar refractivity (Wildman–Crippen MR) is 63.4 cm³/mol. The van der Waals surface area contributed by atoms with Crippen LogP contribution in [0.3, 0.4) is 0 Å². The summed E-state index contributed by atoms with van der Waals surface area (Å²) in [6.45, 7) is -0.209. The van der Waals surface area contributed by atoms with Crippen molar-refractivity contribution >= 4 is 21.7 Å². The molecule has 0 unspecified atom stereocenters. The summed E-state index contributed by atoms with van der Waals surface area (Å²) in [7, 11) is -0.535. The first-order valence-corrected chi connectivity index (χ1v) is 6.26. The van der Waals surface area contributed by atoms with Crippen molar-refractivity contribution in [2.75, 3.05) is 26.0 Å². The van der Waals surface area contributed by atoms with Crippen LogP contribution in [0.15, 0.2) is 29.2 Å². The van der Waals surface area contributed by atoms with E-state index in [4.69, 9.17) is 5.11 Å². The molecular weight excluding hydrogens is 244 g/mol. The molecule has 0 saturated heterocycles. The second-order valence-electron chi connectivity index (χ2n) is 3.56. The van der Waals surface area contributed by atoms with Crippen LogP contribution in [0, 0.1) is 0 Å². The zero-order valence-corrected chi connectivity index (χ0v) is 10.4. The SMILES string of the molecule is CN(C)S(=O)(=O)c1ccc(NCC(=O)O)cc1. The number of benzene rings is 1. The molecule has 7 heteroatoms. The minimum atomic E-state index is -3.44. The normalized spacial score (nSPS) is 11.5. The summed E-state index contributed by atoms with van der Waals surface area (Å²) in [6.07, 6.45) is 0. The molecule has 0 atom stereocenters. The molecule has 0 heterocycles. The van der Waals surface area contributed by atoms with E-state index >= 15 is 0 Å². The van der Waals surface area contributed by atoms with Crippen molar-refractivity contribution in [2.45, 2.75) is 4.90 Å². The average Bonchev–Trinajstić information content (AvgIpc) is 2.26. The minimum absolute atomic E-state index is 0.170. The quantitative estimate of drug-likeness (QED) is 0.800. The smallest absolute Gasteiger partial charge is 0.322 e. The van der Waals surface area contributed by atoms with Gasteiger partial charge in [-0.1, -0.05) is 0 Å². The van der Waals surface area contributed by atoms with Crippen LogP contribution in [0.1, 0.15) is 0 Å². The van der Waals surface area contributed by atoms with E-state index in [1.807, 2.05) is 0 Å². The van der Waals surface area contributed by atoms with Crippen LogP contribution < -0.4 is 5.32 Å². The summed E-state index contributed by atoms with van der Waals surface area (Å²) in [4.78, 5) is 10.5. The van der Waals surface area contributed by atoms with Gasteiger partial charge in [0.1, 0.15) is 6.54 Å². The first-order valence-electron chi connectivity index (χ1n) is 4.82. The molecule has 0 spiro atoms. The summed E-state index contributed by atoms with van der Waals surface area (Å²) in [5.41, 5.74) is 0.560. The van der Waals surface area contributed by atoms with Crippen LogP contribution in [0.5, 0.6) is 0 Å². The Kier molecular flexibility index (Phi) is 4.08. The van der Waals surface area contributed by atoms with E-state index in [2.05, 4.69) is 5.32 Å². The maximum absolute atomic E-state index is 11.7. The van der Waals surface area contributed by atoms with E-state index in [-0.39, 0.29) is 11.4 Å². The van der Waals surface area contributed by atoms with Crippen molar-refractivity contribution < 1.29 is 18.3 Å². The van der Waals surface area contributed by atoms with Gasteiger partial charge in [0.2, 0.25) is 10.0 Å². The van der Waals surface area contributed by atoms with Crippen molar-refractivity contribution in [1.82, 2.24) is 4.31 Å². The largest absolute Gasteiger partial charge is 0.480 e. The molecule has 0 radical (unpaired) electrons. The van der Waals surface area contributed by atoms with Gasteiger partial charge >= 0.3 is 5.97 Å². The van der Waals surface area contributed by atoms with E-state index in [1.165, 1.54) is 38.4 Å². The van der Waals surface area contributed by atoms with Gasteiger partial charge in [0.05, 0.1) is 4.90 Å². The number of aliphatic carboxylic acids is 1. The van der Waals surface area contributed by atoms with E-state index in [9.17, 15) is 13.2 Å². The molecule has 0 fully saturated rings. The standard InChI is InChI=1S/C10H14N2O4S/c1-12(2)17(15,16)9-5-3-8(4-6-9)11-7-10(13)14/h3-6,11H,7H2,1-2H3,(H,13,14). The molecule has 0 aliphatic carbocycles. The lowest BCUT2D eigenvalue weighted by atomic mass is 10.3. The van der Waals surface area contributed by atoms with Gasteiger partial charge in [-0.15, -0.1) is 0 Å². The van der Waals surface area contributed by atoms with Crippen LogP contribution >= 0.6 is 0 Å². The molecule has 94 valence electrons. The number of carboxylic acids is 1. The van der Waals surface area contributed by atoms with E-state index in [0.717, 1.165) is 4.31 Å². The van der Waals surface area contributed by atoms with Crippen LogP contribution in [-0.2, 0) is 14.8 Å². The van der Waals surface area contributed by atoms with Gasteiger partial charge in [0, 0.05) is 19.8 Å². The summed E-state index contributed by atoms with van der Waals surface area (Å²) in [6, 6.07) is 5.91. The van der Waals surface area contributed by atoms with E-state index in [0.29, 0.717) is 5.69 Å². The Hall–Kier alpha value is -1.60. The van der Waals surface area contributed by atoms with Gasteiger partial charge in [-0.2, -0.15) is 0 Å². The fourth-order valence-electron chi connectivity index (χ4n) is 1.13. The Labute approximate surface area is 99.9 Å². The first-order chi connectivity index (χ1) is 7.84. The molecule has 1 aromatic rings. The highest BCUT2D eigenvalue weighted by Crippen LogP contribution is 2.16. The van der Waals surface area contributed by atoms with Crippen molar-refractivity contribution in [3.05, 3.63) is 24.3 Å².